The highest BCUT2D eigenvalue weighted by Crippen LogP contribution is 2.35. The molecule has 0 spiro atoms. The van der Waals surface area contributed by atoms with Gasteiger partial charge in [-0.15, -0.1) is 0 Å². The lowest BCUT2D eigenvalue weighted by molar-refractivity contribution is -0.118. The van der Waals surface area contributed by atoms with Crippen LogP contribution in [-0.2, 0) is 9.59 Å². The summed E-state index contributed by atoms with van der Waals surface area (Å²) in [6.45, 7) is 1.68. The predicted molar refractivity (Wildman–Crippen MR) is 136 cm³/mol. The summed E-state index contributed by atoms with van der Waals surface area (Å²) >= 11 is 1.21. The number of ether oxygens (including phenoxy) is 2. The van der Waals surface area contributed by atoms with E-state index in [0.29, 0.717) is 32.8 Å². The number of aliphatic imine (C=N–C) groups is 1. The molecule has 0 unspecified atom stereocenters. The maximum atomic E-state index is 13.1. The number of rotatable bonds is 7. The number of amides is 2. The number of methoxy groups -OCH3 is 1. The van der Waals surface area contributed by atoms with Crippen LogP contribution in [0.1, 0.15) is 11.1 Å². The Hall–Kier alpha value is -4.11. The second kappa shape index (κ2) is 10.9. The smallest absolute Gasteiger partial charge is 0.264 e. The van der Waals surface area contributed by atoms with E-state index in [1.165, 1.54) is 43.1 Å². The van der Waals surface area contributed by atoms with E-state index in [1.807, 2.05) is 31.2 Å². The van der Waals surface area contributed by atoms with Gasteiger partial charge in [0.25, 0.3) is 11.8 Å². The number of amidine groups is 1. The van der Waals surface area contributed by atoms with Crippen molar-refractivity contribution in [2.75, 3.05) is 19.0 Å². The van der Waals surface area contributed by atoms with Crippen LogP contribution in [0.25, 0.3) is 6.08 Å². The monoisotopic (exact) mass is 491 g/mol. The molecule has 7 nitrogen and oxygen atoms in total. The number of thioether (sulfide) groups is 1. The van der Waals surface area contributed by atoms with Crippen LogP contribution in [0.2, 0.25) is 0 Å². The fourth-order valence-corrected chi connectivity index (χ4v) is 4.02. The number of benzene rings is 3. The minimum atomic E-state index is -0.429. The Morgan fingerprint density at radius 1 is 1.11 bits per heavy atom. The first kappa shape index (κ1) is 24.0. The maximum absolute atomic E-state index is 13.1. The Kier molecular flexibility index (Phi) is 7.47. The van der Waals surface area contributed by atoms with Crippen molar-refractivity contribution in [1.29, 1.82) is 0 Å². The van der Waals surface area contributed by atoms with Gasteiger partial charge in [-0.2, -0.15) is 0 Å². The zero-order valence-corrected chi connectivity index (χ0v) is 19.8. The molecule has 9 heteroatoms. The summed E-state index contributed by atoms with van der Waals surface area (Å²) in [6.07, 6.45) is 1.66. The summed E-state index contributed by atoms with van der Waals surface area (Å²) < 4.78 is 24.2. The van der Waals surface area contributed by atoms with Gasteiger partial charge in [-0.05, 0) is 67.2 Å². The van der Waals surface area contributed by atoms with E-state index >= 15 is 0 Å². The molecular weight excluding hydrogens is 469 g/mol. The molecule has 178 valence electrons. The summed E-state index contributed by atoms with van der Waals surface area (Å²) in [4.78, 5) is 29.8. The summed E-state index contributed by atoms with van der Waals surface area (Å²) in [5.74, 6) is -0.392. The van der Waals surface area contributed by atoms with Crippen LogP contribution in [0, 0.1) is 12.7 Å². The zero-order valence-electron chi connectivity index (χ0n) is 19.0. The summed E-state index contributed by atoms with van der Waals surface area (Å²) in [6, 6.07) is 18.3. The topological polar surface area (TPSA) is 89.0 Å². The molecule has 1 fully saturated rings. The summed E-state index contributed by atoms with van der Waals surface area (Å²) in [5.41, 5.74) is 2.86. The van der Waals surface area contributed by atoms with E-state index in [9.17, 15) is 14.0 Å². The molecular formula is C26H22FN3O4S. The van der Waals surface area contributed by atoms with Crippen LogP contribution < -0.4 is 20.1 Å². The van der Waals surface area contributed by atoms with Gasteiger partial charge < -0.3 is 20.1 Å². The Morgan fingerprint density at radius 3 is 2.57 bits per heavy atom. The molecule has 1 aliphatic heterocycles. The molecule has 2 amide bonds. The molecule has 1 aliphatic rings. The molecule has 0 atom stereocenters. The zero-order chi connectivity index (χ0) is 24.8. The van der Waals surface area contributed by atoms with Crippen molar-refractivity contribution in [3.05, 3.63) is 88.6 Å². The van der Waals surface area contributed by atoms with Crippen molar-refractivity contribution in [1.82, 2.24) is 5.32 Å². The minimum absolute atomic E-state index is 0.288. The maximum Gasteiger partial charge on any atom is 0.264 e. The number of anilines is 1. The van der Waals surface area contributed by atoms with Crippen molar-refractivity contribution in [3.63, 3.8) is 0 Å². The third-order valence-electron chi connectivity index (χ3n) is 4.91. The van der Waals surface area contributed by atoms with Gasteiger partial charge in [-0.25, -0.2) is 9.38 Å². The van der Waals surface area contributed by atoms with Crippen LogP contribution in [0.5, 0.6) is 11.5 Å². The number of hydrogen-bond acceptors (Lipinski definition) is 6. The van der Waals surface area contributed by atoms with Crippen LogP contribution in [0.4, 0.5) is 15.8 Å². The molecule has 0 bridgehead atoms. The number of carbonyl (C=O) groups excluding carboxylic acids is 2. The fraction of sp³-hybridized carbons (Fsp3) is 0.115. The predicted octanol–water partition coefficient (Wildman–Crippen LogP) is 5.05. The fourth-order valence-electron chi connectivity index (χ4n) is 3.19. The first-order valence-electron chi connectivity index (χ1n) is 10.6. The highest BCUT2D eigenvalue weighted by atomic mass is 32.2. The van der Waals surface area contributed by atoms with Crippen LogP contribution >= 0.6 is 11.8 Å². The minimum Gasteiger partial charge on any atom is -0.493 e. The number of nitrogens with zero attached hydrogens (tertiary/aromatic N) is 1. The molecule has 2 N–H and O–H groups in total. The van der Waals surface area contributed by atoms with Gasteiger partial charge in [0.1, 0.15) is 5.82 Å². The molecule has 3 aromatic carbocycles. The lowest BCUT2D eigenvalue weighted by atomic mass is 10.1. The number of para-hydroxylation sites is 1. The average Bonchev–Trinajstić information content (AvgIpc) is 3.19. The molecule has 0 aromatic heterocycles. The molecule has 4 rings (SSSR count). The molecule has 35 heavy (non-hydrogen) atoms. The molecule has 0 radical (unpaired) electrons. The number of halogens is 1. The quantitative estimate of drug-likeness (QED) is 0.452. The Balaban J connectivity index is 1.50. The Labute approximate surface area is 206 Å². The van der Waals surface area contributed by atoms with Crippen LogP contribution in [0.15, 0.2) is 76.6 Å². The van der Waals surface area contributed by atoms with Crippen molar-refractivity contribution >= 4 is 46.2 Å². The molecule has 1 heterocycles. The van der Waals surface area contributed by atoms with Gasteiger partial charge in [-0.1, -0.05) is 29.8 Å². The van der Waals surface area contributed by atoms with E-state index in [2.05, 4.69) is 15.6 Å². The van der Waals surface area contributed by atoms with Crippen molar-refractivity contribution < 1.29 is 23.5 Å². The SMILES string of the molecule is COc1cccc(/C=C2/SC(=Nc3ccc(C)cc3)NC2=O)c1OCC(=O)Nc1ccc(F)cc1. The Bertz CT molecular complexity index is 1310. The third-order valence-corrected chi connectivity index (χ3v) is 5.82. The third kappa shape index (κ3) is 6.27. The molecule has 1 saturated heterocycles. The molecule has 0 saturated carbocycles. The van der Waals surface area contributed by atoms with E-state index in [1.54, 1.807) is 24.3 Å². The van der Waals surface area contributed by atoms with Gasteiger partial charge in [0.15, 0.2) is 23.3 Å². The number of carbonyl (C=O) groups is 2. The largest absolute Gasteiger partial charge is 0.493 e. The Morgan fingerprint density at radius 2 is 1.86 bits per heavy atom. The van der Waals surface area contributed by atoms with Crippen LogP contribution in [0.3, 0.4) is 0 Å². The van der Waals surface area contributed by atoms with Crippen molar-refractivity contribution in [2.24, 2.45) is 4.99 Å². The number of hydrogen-bond donors (Lipinski definition) is 2. The average molecular weight is 492 g/mol. The first-order valence-corrected chi connectivity index (χ1v) is 11.4. The highest BCUT2D eigenvalue weighted by Gasteiger charge is 2.25. The van der Waals surface area contributed by atoms with Crippen molar-refractivity contribution in [2.45, 2.75) is 6.92 Å². The van der Waals surface area contributed by atoms with E-state index in [0.717, 1.165) is 11.3 Å². The number of aryl methyl sites for hydroxylation is 1. The van der Waals surface area contributed by atoms with Gasteiger partial charge >= 0.3 is 0 Å². The van der Waals surface area contributed by atoms with Gasteiger partial charge in [-0.3, -0.25) is 9.59 Å². The van der Waals surface area contributed by atoms with E-state index < -0.39 is 11.7 Å². The molecule has 0 aliphatic carbocycles. The van der Waals surface area contributed by atoms with Gasteiger partial charge in [0.05, 0.1) is 17.7 Å². The van der Waals surface area contributed by atoms with E-state index in [4.69, 9.17) is 9.47 Å². The summed E-state index contributed by atoms with van der Waals surface area (Å²) in [5, 5.41) is 5.86. The van der Waals surface area contributed by atoms with E-state index in [-0.39, 0.29) is 12.5 Å². The second-order valence-corrected chi connectivity index (χ2v) is 8.57. The first-order chi connectivity index (χ1) is 16.9. The highest BCUT2D eigenvalue weighted by molar-refractivity contribution is 8.18. The lowest BCUT2D eigenvalue weighted by Crippen LogP contribution is -2.20. The lowest BCUT2D eigenvalue weighted by Gasteiger charge is -2.13. The van der Waals surface area contributed by atoms with Gasteiger partial charge in [0.2, 0.25) is 0 Å². The molecule has 3 aromatic rings. The van der Waals surface area contributed by atoms with Gasteiger partial charge in [0, 0.05) is 11.3 Å². The normalized spacial score (nSPS) is 15.2. The second-order valence-electron chi connectivity index (χ2n) is 7.54. The standard InChI is InChI=1S/C26H22FN3O4S/c1-16-6-10-20(11-7-16)29-26-30-25(32)22(35-26)14-17-4-3-5-21(33-2)24(17)34-15-23(31)28-19-12-8-18(27)9-13-19/h3-14H,15H2,1-2H3,(H,28,31)(H,29,30,32)/b22-14+. The van der Waals surface area contributed by atoms with Crippen molar-refractivity contribution in [3.8, 4) is 11.5 Å². The number of nitrogens with one attached hydrogen (secondary N) is 2. The van der Waals surface area contributed by atoms with Crippen LogP contribution in [-0.4, -0.2) is 30.7 Å². The summed E-state index contributed by atoms with van der Waals surface area (Å²) in [7, 11) is 1.49.